The summed E-state index contributed by atoms with van der Waals surface area (Å²) in [6.45, 7) is 1.06. The minimum Gasteiger partial charge on any atom is -0.481 e. The number of aliphatic carboxylic acids is 1. The Bertz CT molecular complexity index is 526. The van der Waals surface area contributed by atoms with Crippen LogP contribution in [-0.2, 0) is 11.3 Å². The molecule has 0 radical (unpaired) electrons. The number of carboxylic acids is 1. The minimum atomic E-state index is -0.788. The van der Waals surface area contributed by atoms with E-state index in [4.69, 9.17) is 5.11 Å². The zero-order chi connectivity index (χ0) is 12.1. The highest BCUT2D eigenvalue weighted by molar-refractivity contribution is 5.78. The van der Waals surface area contributed by atoms with E-state index in [9.17, 15) is 4.79 Å². The van der Waals surface area contributed by atoms with Crippen LogP contribution in [-0.4, -0.2) is 22.6 Å². The van der Waals surface area contributed by atoms with Crippen LogP contribution in [0.3, 0.4) is 0 Å². The maximum Gasteiger partial charge on any atom is 0.304 e. The Labute approximate surface area is 99.3 Å². The molecule has 0 aliphatic rings. The molecule has 2 rings (SSSR count). The Morgan fingerprint density at radius 2 is 2.06 bits per heavy atom. The van der Waals surface area contributed by atoms with Crippen molar-refractivity contribution in [3.8, 4) is 0 Å². The summed E-state index contributed by atoms with van der Waals surface area (Å²) in [6, 6.07) is 11.9. The van der Waals surface area contributed by atoms with Crippen molar-refractivity contribution in [1.29, 1.82) is 0 Å². The highest BCUT2D eigenvalue weighted by Crippen LogP contribution is 2.11. The lowest BCUT2D eigenvalue weighted by Crippen LogP contribution is -2.18. The summed E-state index contributed by atoms with van der Waals surface area (Å²) >= 11 is 0. The van der Waals surface area contributed by atoms with Crippen molar-refractivity contribution in [3.05, 3.63) is 42.1 Å². The van der Waals surface area contributed by atoms with Gasteiger partial charge < -0.3 is 10.4 Å². The first kappa shape index (κ1) is 11.5. The van der Waals surface area contributed by atoms with Gasteiger partial charge in [-0.15, -0.1) is 0 Å². The monoisotopic (exact) mass is 230 g/mol. The second-order valence-corrected chi connectivity index (χ2v) is 3.82. The molecular weight excluding hydrogens is 216 g/mol. The van der Waals surface area contributed by atoms with Gasteiger partial charge in [-0.25, -0.2) is 0 Å². The minimum absolute atomic E-state index is 0.133. The first-order valence-electron chi connectivity index (χ1n) is 5.53. The van der Waals surface area contributed by atoms with E-state index in [1.807, 2.05) is 36.4 Å². The Morgan fingerprint density at radius 1 is 1.24 bits per heavy atom. The Morgan fingerprint density at radius 3 is 2.88 bits per heavy atom. The van der Waals surface area contributed by atoms with Crippen molar-refractivity contribution in [1.82, 2.24) is 10.3 Å². The number of nitrogens with zero attached hydrogens (tertiary/aromatic N) is 1. The number of rotatable bonds is 5. The average Bonchev–Trinajstić information content (AvgIpc) is 2.34. The molecule has 0 amide bonds. The van der Waals surface area contributed by atoms with Crippen LogP contribution >= 0.6 is 0 Å². The number of carbonyl (C=O) groups is 1. The molecule has 4 heteroatoms. The number of hydrogen-bond acceptors (Lipinski definition) is 3. The van der Waals surface area contributed by atoms with E-state index in [1.54, 1.807) is 0 Å². The zero-order valence-corrected chi connectivity index (χ0v) is 9.39. The molecule has 17 heavy (non-hydrogen) atoms. The van der Waals surface area contributed by atoms with Gasteiger partial charge >= 0.3 is 5.97 Å². The number of nitrogens with one attached hydrogen (secondary N) is 1. The van der Waals surface area contributed by atoms with Crippen LogP contribution < -0.4 is 5.32 Å². The lowest BCUT2D eigenvalue weighted by Gasteiger charge is -2.04. The quantitative estimate of drug-likeness (QED) is 0.769. The number of para-hydroxylation sites is 1. The number of carboxylic acid groups (broad SMARTS) is 1. The summed E-state index contributed by atoms with van der Waals surface area (Å²) in [4.78, 5) is 14.8. The summed E-state index contributed by atoms with van der Waals surface area (Å²) in [5.74, 6) is -0.788. The van der Waals surface area contributed by atoms with Crippen LogP contribution in [0, 0.1) is 0 Å². The number of pyridine rings is 1. The van der Waals surface area contributed by atoms with Gasteiger partial charge in [0.2, 0.25) is 0 Å². The predicted octanol–water partition coefficient (Wildman–Crippen LogP) is 1.80. The molecule has 0 unspecified atom stereocenters. The number of benzene rings is 1. The molecule has 4 nitrogen and oxygen atoms in total. The molecular formula is C13H14N2O2. The van der Waals surface area contributed by atoms with Gasteiger partial charge in [0.05, 0.1) is 17.6 Å². The van der Waals surface area contributed by atoms with Crippen LogP contribution in [0.5, 0.6) is 0 Å². The summed E-state index contributed by atoms with van der Waals surface area (Å²) in [5, 5.41) is 12.7. The van der Waals surface area contributed by atoms with E-state index >= 15 is 0 Å². The van der Waals surface area contributed by atoms with Crippen LogP contribution in [0.2, 0.25) is 0 Å². The Kier molecular flexibility index (Phi) is 3.67. The largest absolute Gasteiger partial charge is 0.481 e. The molecule has 0 aliphatic heterocycles. The molecule has 0 fully saturated rings. The lowest BCUT2D eigenvalue weighted by molar-refractivity contribution is -0.136. The SMILES string of the molecule is O=C(O)CCNCc1ccc2ccccc2n1. The van der Waals surface area contributed by atoms with E-state index in [1.165, 1.54) is 0 Å². The summed E-state index contributed by atoms with van der Waals surface area (Å²) < 4.78 is 0. The summed E-state index contributed by atoms with van der Waals surface area (Å²) in [7, 11) is 0. The maximum atomic E-state index is 10.3. The molecule has 1 aromatic heterocycles. The molecule has 0 bridgehead atoms. The van der Waals surface area contributed by atoms with E-state index in [2.05, 4.69) is 10.3 Å². The van der Waals surface area contributed by atoms with E-state index in [-0.39, 0.29) is 6.42 Å². The smallest absolute Gasteiger partial charge is 0.304 e. The second-order valence-electron chi connectivity index (χ2n) is 3.82. The topological polar surface area (TPSA) is 62.2 Å². The standard InChI is InChI=1S/C13H14N2O2/c16-13(17)7-8-14-9-11-6-5-10-3-1-2-4-12(10)15-11/h1-6,14H,7-9H2,(H,16,17). The van der Waals surface area contributed by atoms with Gasteiger partial charge in [0, 0.05) is 18.5 Å². The Hall–Kier alpha value is -1.94. The van der Waals surface area contributed by atoms with Crippen molar-refractivity contribution >= 4 is 16.9 Å². The van der Waals surface area contributed by atoms with Crippen molar-refractivity contribution in [2.24, 2.45) is 0 Å². The molecule has 0 saturated heterocycles. The molecule has 1 heterocycles. The zero-order valence-electron chi connectivity index (χ0n) is 9.39. The maximum absolute atomic E-state index is 10.3. The van der Waals surface area contributed by atoms with Gasteiger partial charge in [0.1, 0.15) is 0 Å². The van der Waals surface area contributed by atoms with Gasteiger partial charge in [-0.3, -0.25) is 9.78 Å². The highest BCUT2D eigenvalue weighted by Gasteiger charge is 1.99. The average molecular weight is 230 g/mol. The Balaban J connectivity index is 1.97. The van der Waals surface area contributed by atoms with Gasteiger partial charge in [-0.05, 0) is 12.1 Å². The second kappa shape index (κ2) is 5.41. The molecule has 0 aliphatic carbocycles. The fourth-order valence-corrected chi connectivity index (χ4v) is 1.62. The number of fused-ring (bicyclic) bond motifs is 1. The van der Waals surface area contributed by atoms with Crippen LogP contribution in [0.4, 0.5) is 0 Å². The van der Waals surface area contributed by atoms with Crippen molar-refractivity contribution in [2.75, 3.05) is 6.54 Å². The number of aromatic nitrogens is 1. The summed E-state index contributed by atoms with van der Waals surface area (Å²) in [6.07, 6.45) is 0.133. The predicted molar refractivity (Wildman–Crippen MR) is 65.7 cm³/mol. The fraction of sp³-hybridized carbons (Fsp3) is 0.231. The molecule has 2 aromatic rings. The van der Waals surface area contributed by atoms with Crippen molar-refractivity contribution in [3.63, 3.8) is 0 Å². The highest BCUT2D eigenvalue weighted by atomic mass is 16.4. The first-order chi connectivity index (χ1) is 8.25. The molecule has 0 spiro atoms. The lowest BCUT2D eigenvalue weighted by atomic mass is 10.2. The van der Waals surface area contributed by atoms with E-state index in [0.717, 1.165) is 16.6 Å². The number of hydrogen-bond donors (Lipinski definition) is 2. The van der Waals surface area contributed by atoms with Crippen LogP contribution in [0.15, 0.2) is 36.4 Å². The van der Waals surface area contributed by atoms with Gasteiger partial charge in [0.15, 0.2) is 0 Å². The van der Waals surface area contributed by atoms with Gasteiger partial charge in [0.25, 0.3) is 0 Å². The fourth-order valence-electron chi connectivity index (χ4n) is 1.62. The van der Waals surface area contributed by atoms with E-state index < -0.39 is 5.97 Å². The third kappa shape index (κ3) is 3.26. The van der Waals surface area contributed by atoms with Gasteiger partial charge in [-0.2, -0.15) is 0 Å². The van der Waals surface area contributed by atoms with Crippen molar-refractivity contribution < 1.29 is 9.90 Å². The van der Waals surface area contributed by atoms with Crippen LogP contribution in [0.25, 0.3) is 10.9 Å². The van der Waals surface area contributed by atoms with Crippen molar-refractivity contribution in [2.45, 2.75) is 13.0 Å². The molecule has 0 saturated carbocycles. The first-order valence-corrected chi connectivity index (χ1v) is 5.53. The third-order valence-electron chi connectivity index (χ3n) is 2.48. The molecule has 1 aromatic carbocycles. The summed E-state index contributed by atoms with van der Waals surface area (Å²) in [5.41, 5.74) is 1.89. The molecule has 2 N–H and O–H groups in total. The van der Waals surface area contributed by atoms with Gasteiger partial charge in [-0.1, -0.05) is 24.3 Å². The van der Waals surface area contributed by atoms with Crippen LogP contribution in [0.1, 0.15) is 12.1 Å². The third-order valence-corrected chi connectivity index (χ3v) is 2.48. The molecule has 88 valence electrons. The van der Waals surface area contributed by atoms with E-state index in [0.29, 0.717) is 13.1 Å². The molecule has 0 atom stereocenters. The normalized spacial score (nSPS) is 10.6.